The fourth-order valence-corrected chi connectivity index (χ4v) is 3.84. The SMILES string of the molecule is C1=CN(CCOc2nc(N/N=C/c3c[nH]c4ccccc34)nc(N3CCCCC3)n2)CN1.CC. The highest BCUT2D eigenvalue weighted by Gasteiger charge is 2.17. The highest BCUT2D eigenvalue weighted by molar-refractivity contribution is 5.99. The Balaban J connectivity index is 0.00000133. The predicted molar refractivity (Wildman–Crippen MR) is 136 cm³/mol. The summed E-state index contributed by atoms with van der Waals surface area (Å²) in [5.41, 5.74) is 5.01. The van der Waals surface area contributed by atoms with Gasteiger partial charge in [0.15, 0.2) is 0 Å². The number of hydrogen-bond acceptors (Lipinski definition) is 9. The van der Waals surface area contributed by atoms with Crippen LogP contribution in [0.5, 0.6) is 6.01 Å². The Hall–Kier alpha value is -3.82. The molecule has 3 N–H and O–H groups in total. The van der Waals surface area contributed by atoms with Gasteiger partial charge in [0.1, 0.15) is 6.61 Å². The number of nitrogens with zero attached hydrogens (tertiary/aromatic N) is 6. The van der Waals surface area contributed by atoms with Gasteiger partial charge >= 0.3 is 6.01 Å². The molecule has 10 heteroatoms. The van der Waals surface area contributed by atoms with E-state index in [9.17, 15) is 0 Å². The molecule has 10 nitrogen and oxygen atoms in total. The molecule has 0 unspecified atom stereocenters. The molecule has 4 heterocycles. The Kier molecular flexibility index (Phi) is 8.15. The smallest absolute Gasteiger partial charge is 0.323 e. The third kappa shape index (κ3) is 5.94. The van der Waals surface area contributed by atoms with Gasteiger partial charge in [-0.05, 0) is 25.3 Å². The Morgan fingerprint density at radius 2 is 1.97 bits per heavy atom. The van der Waals surface area contributed by atoms with Crippen LogP contribution in [0.4, 0.5) is 11.9 Å². The lowest BCUT2D eigenvalue weighted by Gasteiger charge is -2.26. The molecular formula is C24H33N9O. The number of hydrazone groups is 1. The number of nitrogens with one attached hydrogen (secondary N) is 3. The molecule has 1 fully saturated rings. The van der Waals surface area contributed by atoms with Gasteiger partial charge in [0, 0.05) is 48.2 Å². The fourth-order valence-electron chi connectivity index (χ4n) is 3.84. The summed E-state index contributed by atoms with van der Waals surface area (Å²) >= 11 is 0. The van der Waals surface area contributed by atoms with Crippen LogP contribution >= 0.6 is 0 Å². The van der Waals surface area contributed by atoms with E-state index in [0.29, 0.717) is 24.5 Å². The molecule has 2 aliphatic rings. The third-order valence-corrected chi connectivity index (χ3v) is 5.54. The minimum absolute atomic E-state index is 0.307. The molecule has 180 valence electrons. The van der Waals surface area contributed by atoms with Crippen molar-refractivity contribution in [1.29, 1.82) is 0 Å². The first-order valence-corrected chi connectivity index (χ1v) is 12.0. The number of H-pyrrole nitrogens is 1. The predicted octanol–water partition coefficient (Wildman–Crippen LogP) is 3.53. The van der Waals surface area contributed by atoms with Crippen LogP contribution < -0.4 is 20.4 Å². The zero-order valence-electron chi connectivity index (χ0n) is 19.9. The van der Waals surface area contributed by atoms with Crippen molar-refractivity contribution in [2.75, 3.05) is 43.2 Å². The van der Waals surface area contributed by atoms with Crippen molar-refractivity contribution < 1.29 is 4.74 Å². The number of aromatic nitrogens is 4. The minimum Gasteiger partial charge on any atom is -0.461 e. The van der Waals surface area contributed by atoms with Crippen LogP contribution in [-0.2, 0) is 0 Å². The van der Waals surface area contributed by atoms with Crippen LogP contribution in [0.15, 0.2) is 48.0 Å². The Morgan fingerprint density at radius 1 is 1.12 bits per heavy atom. The summed E-state index contributed by atoms with van der Waals surface area (Å²) < 4.78 is 5.86. The Morgan fingerprint density at radius 3 is 2.79 bits per heavy atom. The van der Waals surface area contributed by atoms with E-state index in [2.05, 4.69) is 51.6 Å². The van der Waals surface area contributed by atoms with Gasteiger partial charge in [-0.25, -0.2) is 5.43 Å². The fraction of sp³-hybridized carbons (Fsp3) is 0.417. The van der Waals surface area contributed by atoms with Crippen molar-refractivity contribution >= 4 is 29.0 Å². The number of hydrogen-bond donors (Lipinski definition) is 3. The maximum Gasteiger partial charge on any atom is 0.323 e. The van der Waals surface area contributed by atoms with Gasteiger partial charge in [0.25, 0.3) is 5.95 Å². The highest BCUT2D eigenvalue weighted by Crippen LogP contribution is 2.20. The van der Waals surface area contributed by atoms with Crippen molar-refractivity contribution in [2.45, 2.75) is 33.1 Å². The molecule has 0 saturated carbocycles. The van der Waals surface area contributed by atoms with Crippen LogP contribution in [0.1, 0.15) is 38.7 Å². The maximum absolute atomic E-state index is 5.86. The van der Waals surface area contributed by atoms with Gasteiger partial charge in [0.2, 0.25) is 5.95 Å². The first-order chi connectivity index (χ1) is 16.8. The summed E-state index contributed by atoms with van der Waals surface area (Å²) in [6, 6.07) is 8.41. The largest absolute Gasteiger partial charge is 0.461 e. The molecule has 0 atom stereocenters. The number of anilines is 2. The molecule has 34 heavy (non-hydrogen) atoms. The molecule has 0 bridgehead atoms. The summed E-state index contributed by atoms with van der Waals surface area (Å²) in [6.45, 7) is 7.88. The number of ether oxygens (including phenoxy) is 1. The average molecular weight is 464 g/mol. The minimum atomic E-state index is 0.307. The van der Waals surface area contributed by atoms with Gasteiger partial charge in [-0.3, -0.25) is 0 Å². The Bertz CT molecular complexity index is 1100. The van der Waals surface area contributed by atoms with Crippen LogP contribution in [0.25, 0.3) is 10.9 Å². The van der Waals surface area contributed by atoms with Gasteiger partial charge in [-0.2, -0.15) is 20.1 Å². The summed E-state index contributed by atoms with van der Waals surface area (Å²) in [6.07, 6.45) is 11.1. The van der Waals surface area contributed by atoms with Crippen molar-refractivity contribution in [3.63, 3.8) is 0 Å². The second kappa shape index (κ2) is 11.9. The number of piperidine rings is 1. The summed E-state index contributed by atoms with van der Waals surface area (Å²) in [5, 5.41) is 8.61. The molecule has 0 amide bonds. The molecule has 0 aliphatic carbocycles. The van der Waals surface area contributed by atoms with Crippen LogP contribution in [0.2, 0.25) is 0 Å². The molecule has 0 spiro atoms. The van der Waals surface area contributed by atoms with Crippen molar-refractivity contribution in [3.8, 4) is 6.01 Å². The van der Waals surface area contributed by atoms with Crippen LogP contribution in [0, 0.1) is 0 Å². The van der Waals surface area contributed by atoms with Gasteiger partial charge in [-0.1, -0.05) is 32.0 Å². The molecule has 1 aromatic carbocycles. The highest BCUT2D eigenvalue weighted by atomic mass is 16.5. The lowest BCUT2D eigenvalue weighted by Crippen LogP contribution is -2.31. The van der Waals surface area contributed by atoms with E-state index in [1.807, 2.05) is 50.6 Å². The maximum atomic E-state index is 5.86. The lowest BCUT2D eigenvalue weighted by molar-refractivity contribution is 0.243. The van der Waals surface area contributed by atoms with Crippen LogP contribution in [0.3, 0.4) is 0 Å². The number of aromatic amines is 1. The number of rotatable bonds is 8. The van der Waals surface area contributed by atoms with Crippen molar-refractivity contribution in [1.82, 2.24) is 30.2 Å². The quantitative estimate of drug-likeness (QED) is 0.344. The van der Waals surface area contributed by atoms with Gasteiger partial charge in [0.05, 0.1) is 19.4 Å². The summed E-state index contributed by atoms with van der Waals surface area (Å²) in [7, 11) is 0. The molecule has 3 aromatic rings. The van der Waals surface area contributed by atoms with E-state index in [0.717, 1.165) is 55.6 Å². The van der Waals surface area contributed by atoms with E-state index in [1.165, 1.54) is 6.42 Å². The van der Waals surface area contributed by atoms with E-state index in [4.69, 9.17) is 4.74 Å². The van der Waals surface area contributed by atoms with E-state index >= 15 is 0 Å². The second-order valence-corrected chi connectivity index (χ2v) is 7.79. The zero-order valence-corrected chi connectivity index (χ0v) is 19.9. The summed E-state index contributed by atoms with van der Waals surface area (Å²) in [5.74, 6) is 0.997. The first kappa shape index (κ1) is 23.3. The molecule has 0 radical (unpaired) electrons. The standard InChI is InChI=1S/C22H27N9O.C2H6/c1-4-9-31(10-5-1)21-26-20(27-22(28-21)32-13-12-30-11-8-23-16-30)29-25-15-17-14-24-19-7-3-2-6-18(17)19;1-2/h2-3,6-8,11,14-15,23-24H,1,4-5,9-10,12-13,16H2,(H,26,27,28,29);1-2H3/b25-15+;. The van der Waals surface area contributed by atoms with Gasteiger partial charge < -0.3 is 24.8 Å². The lowest BCUT2D eigenvalue weighted by atomic mass is 10.1. The van der Waals surface area contributed by atoms with Crippen molar-refractivity contribution in [3.05, 3.63) is 48.4 Å². The Labute approximate surface area is 200 Å². The molecular weight excluding hydrogens is 430 g/mol. The topological polar surface area (TPSA) is 107 Å². The van der Waals surface area contributed by atoms with E-state index in [1.54, 1.807) is 6.21 Å². The molecule has 5 rings (SSSR count). The summed E-state index contributed by atoms with van der Waals surface area (Å²) in [4.78, 5) is 21.1. The van der Waals surface area contributed by atoms with E-state index in [-0.39, 0.29) is 0 Å². The normalized spacial score (nSPS) is 15.4. The molecule has 2 aromatic heterocycles. The number of fused-ring (bicyclic) bond motifs is 1. The van der Waals surface area contributed by atoms with E-state index < -0.39 is 0 Å². The first-order valence-electron chi connectivity index (χ1n) is 12.0. The van der Waals surface area contributed by atoms with Gasteiger partial charge in [-0.15, -0.1) is 0 Å². The van der Waals surface area contributed by atoms with Crippen molar-refractivity contribution in [2.24, 2.45) is 5.10 Å². The molecule has 1 saturated heterocycles. The number of benzene rings is 1. The molecule has 2 aliphatic heterocycles. The van der Waals surface area contributed by atoms with Crippen LogP contribution in [-0.4, -0.2) is 64.0 Å². The third-order valence-electron chi connectivity index (χ3n) is 5.54. The second-order valence-electron chi connectivity index (χ2n) is 7.79. The average Bonchev–Trinajstić information content (AvgIpc) is 3.56. The number of para-hydroxylation sites is 1. The monoisotopic (exact) mass is 463 g/mol. The zero-order chi connectivity index (χ0) is 23.6.